The van der Waals surface area contributed by atoms with Gasteiger partial charge in [0.25, 0.3) is 0 Å². The predicted octanol–water partition coefficient (Wildman–Crippen LogP) is 6.44. The van der Waals surface area contributed by atoms with Gasteiger partial charge in [-0.15, -0.1) is 0 Å². The fraction of sp³-hybridized carbons (Fsp3) is 0.476. The monoisotopic (exact) mass is 454 g/mol. The molecule has 1 N–H and O–H groups in total. The van der Waals surface area contributed by atoms with Crippen molar-refractivity contribution in [1.82, 2.24) is 0 Å². The summed E-state index contributed by atoms with van der Waals surface area (Å²) in [6.07, 6.45) is -4.98. The third-order valence-corrected chi connectivity index (χ3v) is 4.94. The van der Waals surface area contributed by atoms with E-state index in [1.807, 2.05) is 17.9 Å². The van der Waals surface area contributed by atoms with E-state index in [9.17, 15) is 35.5 Å². The van der Waals surface area contributed by atoms with Crippen LogP contribution in [0.25, 0.3) is 0 Å². The van der Waals surface area contributed by atoms with Crippen LogP contribution in [0.1, 0.15) is 27.2 Å². The van der Waals surface area contributed by atoms with E-state index in [4.69, 9.17) is 0 Å². The van der Waals surface area contributed by atoms with Crippen LogP contribution in [0.5, 0.6) is 0 Å². The molecule has 0 fully saturated rings. The minimum Gasteiger partial charge on any atom is -0.385 e. The minimum absolute atomic E-state index is 0.0333. The minimum atomic E-state index is -6.58. The third-order valence-electron chi connectivity index (χ3n) is 4.94. The Morgan fingerprint density at radius 2 is 1.71 bits per heavy atom. The number of alkyl halides is 7. The summed E-state index contributed by atoms with van der Waals surface area (Å²) in [6, 6.07) is 7.11. The first-order chi connectivity index (χ1) is 14.0. The third kappa shape index (κ3) is 5.59. The number of Topliss-reactive ketones (excluding diaryl/α,β-unsaturated/α-hetero) is 1. The number of carbonyl (C=O) groups is 1. The summed E-state index contributed by atoms with van der Waals surface area (Å²) in [4.78, 5) is 13.7. The molecular formula is C21H25F7N2O. The fourth-order valence-electron chi connectivity index (χ4n) is 2.70. The number of ketones is 1. The molecule has 0 amide bonds. The van der Waals surface area contributed by atoms with Gasteiger partial charge >= 0.3 is 18.0 Å². The zero-order chi connectivity index (χ0) is 24.3. The van der Waals surface area contributed by atoms with Gasteiger partial charge in [0.05, 0.1) is 0 Å². The number of anilines is 2. The Labute approximate surface area is 176 Å². The second-order valence-corrected chi connectivity index (χ2v) is 7.53. The number of carbonyl (C=O) groups excluding carboxylic acids is 1. The van der Waals surface area contributed by atoms with Crippen molar-refractivity contribution < 1.29 is 35.5 Å². The van der Waals surface area contributed by atoms with E-state index in [1.165, 1.54) is 13.8 Å². The van der Waals surface area contributed by atoms with Crippen LogP contribution in [0, 0.1) is 5.41 Å². The Bertz CT molecular complexity index is 816. The van der Waals surface area contributed by atoms with Crippen LogP contribution < -0.4 is 10.2 Å². The molecule has 0 bridgehead atoms. The number of benzene rings is 1. The number of rotatable bonds is 11. The smallest absolute Gasteiger partial charge is 0.385 e. The van der Waals surface area contributed by atoms with E-state index in [0.717, 1.165) is 5.69 Å². The van der Waals surface area contributed by atoms with Gasteiger partial charge in [0.2, 0.25) is 5.78 Å². The Morgan fingerprint density at radius 1 is 1.13 bits per heavy atom. The molecule has 0 spiro atoms. The summed E-state index contributed by atoms with van der Waals surface area (Å²) in [7, 11) is 0. The van der Waals surface area contributed by atoms with Gasteiger partial charge in [-0.2, -0.15) is 30.7 Å². The first kappa shape index (κ1) is 26.5. The van der Waals surface area contributed by atoms with Crippen molar-refractivity contribution in [3.8, 4) is 0 Å². The van der Waals surface area contributed by atoms with Crippen molar-refractivity contribution in [3.05, 3.63) is 49.2 Å². The molecular weight excluding hydrogens is 429 g/mol. The summed E-state index contributed by atoms with van der Waals surface area (Å²) in [5, 5.41) is 3.00. The lowest BCUT2D eigenvalue weighted by Gasteiger charge is -2.32. The highest BCUT2D eigenvalue weighted by Gasteiger charge is 2.76. The van der Waals surface area contributed by atoms with E-state index < -0.39 is 34.8 Å². The zero-order valence-electron chi connectivity index (χ0n) is 17.4. The van der Waals surface area contributed by atoms with Crippen molar-refractivity contribution >= 4 is 17.2 Å². The molecule has 0 saturated carbocycles. The maximum Gasteiger partial charge on any atom is 0.460 e. The molecule has 0 saturated heterocycles. The van der Waals surface area contributed by atoms with Crippen LogP contribution in [0.4, 0.5) is 42.1 Å². The Hall–Kier alpha value is -2.52. The molecule has 0 heterocycles. The number of hydrogen-bond acceptors (Lipinski definition) is 3. The van der Waals surface area contributed by atoms with Gasteiger partial charge < -0.3 is 10.2 Å². The Morgan fingerprint density at radius 3 is 2.19 bits per heavy atom. The van der Waals surface area contributed by atoms with Gasteiger partial charge in [0.1, 0.15) is 0 Å². The predicted molar refractivity (Wildman–Crippen MR) is 107 cm³/mol. The Kier molecular flexibility index (Phi) is 7.97. The molecule has 0 radical (unpaired) electrons. The molecule has 31 heavy (non-hydrogen) atoms. The van der Waals surface area contributed by atoms with E-state index in [1.54, 1.807) is 24.4 Å². The van der Waals surface area contributed by atoms with Crippen LogP contribution in [0.15, 0.2) is 49.2 Å². The number of halogens is 7. The van der Waals surface area contributed by atoms with Crippen LogP contribution in [0.3, 0.4) is 0 Å². The molecule has 10 heteroatoms. The number of nitrogens with one attached hydrogen (secondary N) is 1. The second kappa shape index (κ2) is 9.32. The topological polar surface area (TPSA) is 32.3 Å². The molecule has 3 nitrogen and oxygen atoms in total. The quantitative estimate of drug-likeness (QED) is 0.308. The SMILES string of the molecule is C=CN(CC)c1cccc(NCCC(C)(C)C(=C)C(=O)C(F)(F)C(F)(F)C(F)(F)F)c1. The summed E-state index contributed by atoms with van der Waals surface area (Å²) in [5.41, 5.74) is -1.00. The van der Waals surface area contributed by atoms with Crippen LogP contribution in [-0.2, 0) is 4.79 Å². The van der Waals surface area contributed by atoms with E-state index in [2.05, 4.69) is 18.5 Å². The maximum absolute atomic E-state index is 13.7. The van der Waals surface area contributed by atoms with Crippen molar-refractivity contribution in [3.63, 3.8) is 0 Å². The molecule has 0 aliphatic heterocycles. The lowest BCUT2D eigenvalue weighted by molar-refractivity contribution is -0.343. The van der Waals surface area contributed by atoms with Gasteiger partial charge in [-0.25, -0.2) is 0 Å². The van der Waals surface area contributed by atoms with Gasteiger partial charge in [-0.1, -0.05) is 33.1 Å². The average molecular weight is 454 g/mol. The largest absolute Gasteiger partial charge is 0.460 e. The van der Waals surface area contributed by atoms with Gasteiger partial charge in [0.15, 0.2) is 0 Å². The molecule has 1 aromatic rings. The molecule has 0 unspecified atom stereocenters. The van der Waals surface area contributed by atoms with Gasteiger partial charge in [-0.3, -0.25) is 4.79 Å². The van der Waals surface area contributed by atoms with Crippen molar-refractivity contribution in [2.24, 2.45) is 5.41 Å². The first-order valence-corrected chi connectivity index (χ1v) is 9.32. The average Bonchev–Trinajstić information content (AvgIpc) is 2.67. The number of nitrogens with zero attached hydrogens (tertiary/aromatic N) is 1. The van der Waals surface area contributed by atoms with E-state index in [0.29, 0.717) is 12.2 Å². The lowest BCUT2D eigenvalue weighted by Crippen LogP contribution is -2.57. The molecule has 0 aliphatic carbocycles. The highest BCUT2D eigenvalue weighted by atomic mass is 19.4. The van der Waals surface area contributed by atoms with Crippen molar-refractivity contribution in [2.45, 2.75) is 45.2 Å². The fourth-order valence-corrected chi connectivity index (χ4v) is 2.70. The first-order valence-electron chi connectivity index (χ1n) is 9.32. The molecule has 0 aromatic heterocycles. The zero-order valence-corrected chi connectivity index (χ0v) is 17.4. The molecule has 0 aliphatic rings. The van der Waals surface area contributed by atoms with Crippen LogP contribution >= 0.6 is 0 Å². The summed E-state index contributed by atoms with van der Waals surface area (Å²) in [6.45, 7) is 12.0. The molecule has 0 atom stereocenters. The Balaban J connectivity index is 2.89. The summed E-state index contributed by atoms with van der Waals surface area (Å²) >= 11 is 0. The standard InChI is InChI=1S/C21H25F7N2O/c1-6-30(7-2)16-10-8-9-15(13-16)29-12-11-18(4,5)14(3)17(31)19(22,23)20(24,25)21(26,27)28/h6,8-10,13,29H,1,3,7,11-12H2,2,4-5H3. The summed E-state index contributed by atoms with van der Waals surface area (Å²) < 4.78 is 90.9. The van der Waals surface area contributed by atoms with E-state index in [-0.39, 0.29) is 13.0 Å². The van der Waals surface area contributed by atoms with Crippen molar-refractivity contribution in [2.75, 3.05) is 23.3 Å². The summed E-state index contributed by atoms with van der Waals surface area (Å²) in [5.74, 6) is -15.1. The van der Waals surface area contributed by atoms with Gasteiger partial charge in [0, 0.05) is 30.0 Å². The normalized spacial score (nSPS) is 13.0. The maximum atomic E-state index is 13.7. The molecule has 174 valence electrons. The second-order valence-electron chi connectivity index (χ2n) is 7.53. The van der Waals surface area contributed by atoms with Crippen molar-refractivity contribution in [1.29, 1.82) is 0 Å². The molecule has 1 rings (SSSR count). The van der Waals surface area contributed by atoms with Crippen LogP contribution in [0.2, 0.25) is 0 Å². The van der Waals surface area contributed by atoms with E-state index >= 15 is 0 Å². The lowest BCUT2D eigenvalue weighted by atomic mass is 9.78. The highest BCUT2D eigenvalue weighted by Crippen LogP contribution is 2.49. The number of allylic oxidation sites excluding steroid dienone is 1. The highest BCUT2D eigenvalue weighted by molar-refractivity contribution is 6.02. The molecule has 1 aromatic carbocycles. The van der Waals surface area contributed by atoms with Gasteiger partial charge in [-0.05, 0) is 43.2 Å². The van der Waals surface area contributed by atoms with Crippen LogP contribution in [-0.4, -0.2) is 36.9 Å². The number of hydrogen-bond donors (Lipinski definition) is 1.